The first-order chi connectivity index (χ1) is 13.7. The van der Waals surface area contributed by atoms with Crippen LogP contribution >= 0.6 is 11.8 Å². The molecule has 1 aliphatic rings. The van der Waals surface area contributed by atoms with Crippen LogP contribution in [-0.2, 0) is 0 Å². The summed E-state index contributed by atoms with van der Waals surface area (Å²) in [6, 6.07) is 12.5. The molecule has 1 heterocycles. The number of fused-ring (bicyclic) bond motifs is 2. The summed E-state index contributed by atoms with van der Waals surface area (Å²) in [5, 5.41) is 19.4. The second kappa shape index (κ2) is 8.91. The Morgan fingerprint density at radius 3 is 2.29 bits per heavy atom. The van der Waals surface area contributed by atoms with Gasteiger partial charge in [0.05, 0.1) is 24.8 Å². The molecule has 28 heavy (non-hydrogen) atoms. The topological polar surface area (TPSA) is 69.3 Å². The van der Waals surface area contributed by atoms with Crippen molar-refractivity contribution < 1.29 is 9.47 Å². The molecule has 0 spiro atoms. The van der Waals surface area contributed by atoms with Crippen LogP contribution in [-0.4, -0.2) is 20.8 Å². The van der Waals surface area contributed by atoms with E-state index >= 15 is 0 Å². The van der Waals surface area contributed by atoms with Crippen LogP contribution in [0, 0.1) is 22.7 Å². The molecule has 0 atom stereocenters. The third kappa shape index (κ3) is 3.37. The van der Waals surface area contributed by atoms with Crippen LogP contribution in [0.1, 0.15) is 43.7 Å². The van der Waals surface area contributed by atoms with Crippen molar-refractivity contribution in [3.8, 4) is 23.6 Å². The van der Waals surface area contributed by atoms with Gasteiger partial charge in [-0.25, -0.2) is 0 Å². The Morgan fingerprint density at radius 2 is 1.64 bits per heavy atom. The molecule has 5 nitrogen and oxygen atoms in total. The number of hydrogen-bond donors (Lipinski definition) is 0. The normalized spacial score (nSPS) is 11.8. The summed E-state index contributed by atoms with van der Waals surface area (Å²) in [5.41, 5.74) is 2.35. The van der Waals surface area contributed by atoms with Crippen LogP contribution in [0.25, 0.3) is 0 Å². The van der Waals surface area contributed by atoms with Gasteiger partial charge in [-0.1, -0.05) is 50.1 Å². The summed E-state index contributed by atoms with van der Waals surface area (Å²) in [6.45, 7) is 3.00. The molecule has 0 bridgehead atoms. The molecule has 0 aromatic heterocycles. The zero-order valence-corrected chi connectivity index (χ0v) is 17.2. The molecule has 0 fully saturated rings. The number of anilines is 2. The third-order valence-corrected chi connectivity index (χ3v) is 5.99. The van der Waals surface area contributed by atoms with Gasteiger partial charge in [-0.15, -0.1) is 0 Å². The number of unbranched alkanes of at least 4 members (excludes halogenated alkanes) is 3. The largest absolute Gasteiger partial charge is 0.494 e. The molecule has 2 aromatic rings. The molecule has 0 N–H and O–H groups in total. The van der Waals surface area contributed by atoms with Gasteiger partial charge in [-0.2, -0.15) is 10.5 Å². The minimum absolute atomic E-state index is 0.221. The van der Waals surface area contributed by atoms with E-state index < -0.39 is 0 Å². The molecule has 2 aromatic carbocycles. The highest BCUT2D eigenvalue weighted by atomic mass is 32.2. The SMILES string of the molecule is CCCCCCN1c2ccccc2Sc2c(OC)c(C#N)c(C#N)c(OC)c21. The van der Waals surface area contributed by atoms with Crippen molar-refractivity contribution in [2.24, 2.45) is 0 Å². The highest BCUT2D eigenvalue weighted by Gasteiger charge is 2.34. The lowest BCUT2D eigenvalue weighted by atomic mass is 10.0. The summed E-state index contributed by atoms with van der Waals surface area (Å²) >= 11 is 1.55. The Kier molecular flexibility index (Phi) is 6.34. The molecule has 0 saturated carbocycles. The Bertz CT molecular complexity index is 960. The van der Waals surface area contributed by atoms with E-state index in [1.54, 1.807) is 18.9 Å². The monoisotopic (exact) mass is 393 g/mol. The van der Waals surface area contributed by atoms with Crippen molar-refractivity contribution in [3.63, 3.8) is 0 Å². The van der Waals surface area contributed by atoms with E-state index in [1.807, 2.05) is 12.1 Å². The maximum atomic E-state index is 9.75. The molecular weight excluding hydrogens is 370 g/mol. The van der Waals surface area contributed by atoms with Gasteiger partial charge in [0.15, 0.2) is 11.5 Å². The van der Waals surface area contributed by atoms with Crippen LogP contribution in [0.2, 0.25) is 0 Å². The van der Waals surface area contributed by atoms with Crippen molar-refractivity contribution in [2.45, 2.75) is 42.4 Å². The lowest BCUT2D eigenvalue weighted by Gasteiger charge is -2.35. The third-order valence-electron chi connectivity index (χ3n) is 4.85. The first kappa shape index (κ1) is 19.9. The number of para-hydroxylation sites is 1. The summed E-state index contributed by atoms with van der Waals surface area (Å²) in [6.07, 6.45) is 4.52. The predicted molar refractivity (Wildman–Crippen MR) is 111 cm³/mol. The molecule has 0 unspecified atom stereocenters. The Hall–Kier alpha value is -2.83. The predicted octanol–water partition coefficient (Wildman–Crippen LogP) is 5.63. The van der Waals surface area contributed by atoms with Gasteiger partial charge in [0.2, 0.25) is 0 Å². The number of methoxy groups -OCH3 is 2. The van der Waals surface area contributed by atoms with E-state index in [9.17, 15) is 10.5 Å². The van der Waals surface area contributed by atoms with Gasteiger partial charge in [-0.05, 0) is 18.6 Å². The van der Waals surface area contributed by atoms with Gasteiger partial charge in [0, 0.05) is 11.4 Å². The molecule has 0 saturated heterocycles. The number of hydrogen-bond acceptors (Lipinski definition) is 6. The van der Waals surface area contributed by atoms with E-state index in [0.29, 0.717) is 11.5 Å². The standard InChI is InChI=1S/C22H23N3O2S/c1-4-5-6-9-12-25-17-10-7-8-11-18(17)28-22-19(25)20(26-2)15(13-23)16(14-24)21(22)27-3/h7-8,10-11H,4-6,9,12H2,1-3H3. The van der Waals surface area contributed by atoms with Crippen LogP contribution in [0.5, 0.6) is 11.5 Å². The number of nitrogens with zero attached hydrogens (tertiary/aromatic N) is 3. The summed E-state index contributed by atoms with van der Waals surface area (Å²) < 4.78 is 11.3. The second-order valence-electron chi connectivity index (χ2n) is 6.50. The minimum atomic E-state index is 0.221. The zero-order chi connectivity index (χ0) is 20.1. The Balaban J connectivity index is 2.24. The molecule has 144 valence electrons. The van der Waals surface area contributed by atoms with Crippen LogP contribution in [0.4, 0.5) is 11.4 Å². The van der Waals surface area contributed by atoms with Gasteiger partial charge < -0.3 is 14.4 Å². The summed E-state index contributed by atoms with van der Waals surface area (Å²) in [4.78, 5) is 4.13. The lowest BCUT2D eigenvalue weighted by Crippen LogP contribution is -2.23. The van der Waals surface area contributed by atoms with E-state index in [-0.39, 0.29) is 11.1 Å². The molecule has 1 aliphatic heterocycles. The van der Waals surface area contributed by atoms with Gasteiger partial charge >= 0.3 is 0 Å². The fourth-order valence-electron chi connectivity index (χ4n) is 3.54. The first-order valence-electron chi connectivity index (χ1n) is 9.38. The fourth-order valence-corrected chi connectivity index (χ4v) is 4.77. The number of nitriles is 2. The van der Waals surface area contributed by atoms with E-state index in [2.05, 4.69) is 36.1 Å². The smallest absolute Gasteiger partial charge is 0.163 e. The molecule has 0 aliphatic carbocycles. The average Bonchev–Trinajstić information content (AvgIpc) is 2.74. The van der Waals surface area contributed by atoms with Crippen LogP contribution < -0.4 is 14.4 Å². The van der Waals surface area contributed by atoms with Crippen LogP contribution in [0.3, 0.4) is 0 Å². The maximum absolute atomic E-state index is 9.75. The highest BCUT2D eigenvalue weighted by molar-refractivity contribution is 7.99. The van der Waals surface area contributed by atoms with Gasteiger partial charge in [-0.3, -0.25) is 0 Å². The van der Waals surface area contributed by atoms with E-state index in [4.69, 9.17) is 9.47 Å². The van der Waals surface area contributed by atoms with Crippen molar-refractivity contribution in [1.29, 1.82) is 10.5 Å². The number of benzene rings is 2. The Labute approximate surface area is 170 Å². The van der Waals surface area contributed by atoms with Gasteiger partial charge in [0.25, 0.3) is 0 Å². The fraction of sp³-hybridized carbons (Fsp3) is 0.364. The minimum Gasteiger partial charge on any atom is -0.494 e. The summed E-state index contributed by atoms with van der Waals surface area (Å²) in [5.74, 6) is 0.875. The highest BCUT2D eigenvalue weighted by Crippen LogP contribution is 2.57. The first-order valence-corrected chi connectivity index (χ1v) is 10.2. The number of ether oxygens (including phenoxy) is 2. The molecule has 3 rings (SSSR count). The van der Waals surface area contributed by atoms with Gasteiger partial charge in [0.1, 0.15) is 29.0 Å². The van der Waals surface area contributed by atoms with Crippen molar-refractivity contribution in [3.05, 3.63) is 35.4 Å². The molecule has 0 amide bonds. The van der Waals surface area contributed by atoms with E-state index in [1.165, 1.54) is 20.0 Å². The lowest BCUT2D eigenvalue weighted by molar-refractivity contribution is 0.392. The maximum Gasteiger partial charge on any atom is 0.163 e. The quantitative estimate of drug-likeness (QED) is 0.568. The van der Waals surface area contributed by atoms with Crippen molar-refractivity contribution in [1.82, 2.24) is 0 Å². The Morgan fingerprint density at radius 1 is 0.964 bits per heavy atom. The summed E-state index contributed by atoms with van der Waals surface area (Å²) in [7, 11) is 3.08. The molecule has 6 heteroatoms. The average molecular weight is 394 g/mol. The van der Waals surface area contributed by atoms with Crippen LogP contribution in [0.15, 0.2) is 34.1 Å². The van der Waals surface area contributed by atoms with E-state index in [0.717, 1.165) is 40.6 Å². The zero-order valence-electron chi connectivity index (χ0n) is 16.4. The van der Waals surface area contributed by atoms with Crippen molar-refractivity contribution in [2.75, 3.05) is 25.7 Å². The second-order valence-corrected chi connectivity index (χ2v) is 7.55. The van der Waals surface area contributed by atoms with Crippen molar-refractivity contribution >= 4 is 23.1 Å². The molecular formula is C22H23N3O2S. The molecule has 0 radical (unpaired) electrons. The number of rotatable bonds is 7.